The van der Waals surface area contributed by atoms with Crippen LogP contribution in [0.2, 0.25) is 10.0 Å². The Morgan fingerprint density at radius 3 is 2.58 bits per heavy atom. The van der Waals surface area contributed by atoms with Crippen LogP contribution in [0.25, 0.3) is 22.3 Å². The van der Waals surface area contributed by atoms with Gasteiger partial charge in [-0.1, -0.05) is 35.3 Å². The molecule has 1 saturated heterocycles. The van der Waals surface area contributed by atoms with Crippen LogP contribution in [-0.2, 0) is 0 Å². The molecule has 1 aliphatic heterocycles. The number of nitrogens with zero attached hydrogens (tertiary/aromatic N) is 3. The van der Waals surface area contributed by atoms with Crippen molar-refractivity contribution in [3.63, 3.8) is 0 Å². The van der Waals surface area contributed by atoms with E-state index in [0.29, 0.717) is 10.0 Å². The molecular formula is C25H28Cl2N4O2. The van der Waals surface area contributed by atoms with E-state index in [1.165, 1.54) is 0 Å². The third-order valence-electron chi connectivity index (χ3n) is 6.38. The van der Waals surface area contributed by atoms with Gasteiger partial charge in [0.15, 0.2) is 0 Å². The molecule has 1 aromatic carbocycles. The first-order chi connectivity index (χ1) is 15.8. The second-order valence-corrected chi connectivity index (χ2v) is 9.38. The molecule has 1 fully saturated rings. The largest absolute Gasteiger partial charge is 0.472 e. The molecule has 174 valence electrons. The van der Waals surface area contributed by atoms with Crippen LogP contribution in [0, 0.1) is 0 Å². The van der Waals surface area contributed by atoms with E-state index >= 15 is 0 Å². The highest BCUT2D eigenvalue weighted by molar-refractivity contribution is 6.44. The quantitative estimate of drug-likeness (QED) is 0.472. The lowest BCUT2D eigenvalue weighted by atomic mass is 10.00. The van der Waals surface area contributed by atoms with Gasteiger partial charge in [-0.25, -0.2) is 4.79 Å². The average molecular weight is 487 g/mol. The minimum absolute atomic E-state index is 0.106. The van der Waals surface area contributed by atoms with Crippen LogP contribution in [0.4, 0.5) is 4.79 Å². The Kier molecular flexibility index (Phi) is 7.27. The molecule has 0 saturated carbocycles. The maximum Gasteiger partial charge on any atom is 0.317 e. The number of amides is 2. The zero-order valence-electron chi connectivity index (χ0n) is 19.0. The summed E-state index contributed by atoms with van der Waals surface area (Å²) in [7, 11) is 3.97. The normalized spacial score (nSPS) is 15.9. The number of rotatable bonds is 5. The molecule has 2 amide bonds. The van der Waals surface area contributed by atoms with Crippen LogP contribution in [0.3, 0.4) is 0 Å². The number of hydrogen-bond donors (Lipinski definition) is 1. The van der Waals surface area contributed by atoms with Gasteiger partial charge in [0.2, 0.25) is 0 Å². The lowest BCUT2D eigenvalue weighted by Crippen LogP contribution is -2.48. The number of nitrogens with one attached hydrogen (secondary N) is 1. The van der Waals surface area contributed by atoms with E-state index in [0.717, 1.165) is 53.7 Å². The van der Waals surface area contributed by atoms with Crippen molar-refractivity contribution in [1.82, 2.24) is 20.1 Å². The minimum Gasteiger partial charge on any atom is -0.472 e. The molecule has 1 atom stereocenters. The van der Waals surface area contributed by atoms with Crippen LogP contribution in [0.1, 0.15) is 31.4 Å². The van der Waals surface area contributed by atoms with E-state index in [1.54, 1.807) is 29.8 Å². The van der Waals surface area contributed by atoms with E-state index in [4.69, 9.17) is 27.6 Å². The van der Waals surface area contributed by atoms with Crippen molar-refractivity contribution in [2.24, 2.45) is 0 Å². The first-order valence-electron chi connectivity index (χ1n) is 11.0. The molecule has 0 spiro atoms. The summed E-state index contributed by atoms with van der Waals surface area (Å²) in [5, 5.41) is 3.93. The van der Waals surface area contributed by atoms with Gasteiger partial charge in [-0.2, -0.15) is 0 Å². The fourth-order valence-corrected chi connectivity index (χ4v) is 4.82. The van der Waals surface area contributed by atoms with Crippen molar-refractivity contribution in [1.29, 1.82) is 0 Å². The number of halogens is 2. The lowest BCUT2D eigenvalue weighted by molar-refractivity contribution is 0.146. The summed E-state index contributed by atoms with van der Waals surface area (Å²) in [4.78, 5) is 21.3. The molecule has 0 radical (unpaired) electrons. The van der Waals surface area contributed by atoms with Gasteiger partial charge in [-0.15, -0.1) is 0 Å². The van der Waals surface area contributed by atoms with Gasteiger partial charge in [0, 0.05) is 47.7 Å². The Morgan fingerprint density at radius 1 is 1.15 bits per heavy atom. The molecule has 3 aromatic rings. The number of hydrogen-bond acceptors (Lipinski definition) is 4. The maximum atomic E-state index is 12.9. The average Bonchev–Trinajstić information content (AvgIpc) is 3.36. The summed E-state index contributed by atoms with van der Waals surface area (Å²) < 4.78 is 5.18. The van der Waals surface area contributed by atoms with Gasteiger partial charge < -0.3 is 19.5 Å². The van der Waals surface area contributed by atoms with Crippen molar-refractivity contribution in [2.45, 2.75) is 31.8 Å². The molecule has 6 nitrogen and oxygen atoms in total. The number of aromatic nitrogens is 1. The summed E-state index contributed by atoms with van der Waals surface area (Å²) in [6, 6.07) is 7.55. The van der Waals surface area contributed by atoms with Gasteiger partial charge in [0.25, 0.3) is 0 Å². The fraction of sp³-hybridized carbons (Fsp3) is 0.360. The van der Waals surface area contributed by atoms with Crippen LogP contribution < -0.4 is 5.32 Å². The van der Waals surface area contributed by atoms with Crippen molar-refractivity contribution in [2.75, 3.05) is 27.2 Å². The summed E-state index contributed by atoms with van der Waals surface area (Å²) in [5.41, 5.74) is 4.27. The SMILES string of the molecule is CC(NC(=O)N(C)C1CCN(C)CC1)c1ccc(-c2cncc(-c3ccoc3)c2)c(Cl)c1Cl. The first kappa shape index (κ1) is 23.6. The topological polar surface area (TPSA) is 61.6 Å². The Hall–Kier alpha value is -2.54. The molecule has 0 bridgehead atoms. The number of carbonyl (C=O) groups is 1. The Balaban J connectivity index is 1.50. The lowest BCUT2D eigenvalue weighted by Gasteiger charge is -2.35. The zero-order chi connectivity index (χ0) is 23.5. The predicted molar refractivity (Wildman–Crippen MR) is 133 cm³/mol. The highest BCUT2D eigenvalue weighted by Crippen LogP contribution is 2.39. The zero-order valence-corrected chi connectivity index (χ0v) is 20.5. The van der Waals surface area contributed by atoms with Crippen LogP contribution in [0.5, 0.6) is 0 Å². The van der Waals surface area contributed by atoms with E-state index < -0.39 is 0 Å². The van der Waals surface area contributed by atoms with Gasteiger partial charge in [0.1, 0.15) is 0 Å². The third-order valence-corrected chi connectivity index (χ3v) is 7.28. The van der Waals surface area contributed by atoms with Gasteiger partial charge in [-0.3, -0.25) is 4.98 Å². The number of piperidine rings is 1. The smallest absolute Gasteiger partial charge is 0.317 e. The molecule has 3 heterocycles. The van der Waals surface area contributed by atoms with Gasteiger partial charge in [0.05, 0.1) is 28.6 Å². The van der Waals surface area contributed by atoms with Crippen LogP contribution in [0.15, 0.2) is 53.6 Å². The van der Waals surface area contributed by atoms with Crippen molar-refractivity contribution in [3.8, 4) is 22.3 Å². The van der Waals surface area contributed by atoms with E-state index in [9.17, 15) is 4.79 Å². The first-order valence-corrected chi connectivity index (χ1v) is 11.8. The number of pyridine rings is 1. The molecule has 8 heteroatoms. The minimum atomic E-state index is -0.291. The van der Waals surface area contributed by atoms with Crippen molar-refractivity contribution in [3.05, 3.63) is 64.8 Å². The molecular weight excluding hydrogens is 459 g/mol. The molecule has 33 heavy (non-hydrogen) atoms. The predicted octanol–water partition coefficient (Wildman–Crippen LogP) is 6.11. The Morgan fingerprint density at radius 2 is 1.88 bits per heavy atom. The van der Waals surface area contributed by atoms with E-state index in [-0.39, 0.29) is 18.1 Å². The highest BCUT2D eigenvalue weighted by atomic mass is 35.5. The summed E-state index contributed by atoms with van der Waals surface area (Å²) >= 11 is 13.4. The van der Waals surface area contributed by atoms with Crippen molar-refractivity contribution >= 4 is 29.2 Å². The third kappa shape index (κ3) is 5.18. The molecule has 1 unspecified atom stereocenters. The molecule has 0 aliphatic carbocycles. The number of carbonyl (C=O) groups excluding carboxylic acids is 1. The number of likely N-dealkylation sites (tertiary alicyclic amines) is 1. The highest BCUT2D eigenvalue weighted by Gasteiger charge is 2.25. The fourth-order valence-electron chi connectivity index (χ4n) is 4.21. The number of urea groups is 1. The number of furan rings is 1. The second kappa shape index (κ2) is 10.2. The molecule has 2 aromatic heterocycles. The Labute approximate surface area is 204 Å². The number of benzene rings is 1. The van der Waals surface area contributed by atoms with Crippen LogP contribution in [-0.4, -0.2) is 54.0 Å². The molecule has 1 N–H and O–H groups in total. The monoisotopic (exact) mass is 486 g/mol. The summed E-state index contributed by atoms with van der Waals surface area (Å²) in [5.74, 6) is 0. The summed E-state index contributed by atoms with van der Waals surface area (Å²) in [6.45, 7) is 3.91. The van der Waals surface area contributed by atoms with Crippen molar-refractivity contribution < 1.29 is 9.21 Å². The maximum absolute atomic E-state index is 12.9. The molecule has 4 rings (SSSR count). The second-order valence-electron chi connectivity index (χ2n) is 8.62. The Bertz CT molecular complexity index is 1110. The molecule has 1 aliphatic rings. The van der Waals surface area contributed by atoms with Gasteiger partial charge in [-0.05, 0) is 57.6 Å². The van der Waals surface area contributed by atoms with E-state index in [2.05, 4.69) is 22.2 Å². The summed E-state index contributed by atoms with van der Waals surface area (Å²) in [6.07, 6.45) is 8.77. The van der Waals surface area contributed by atoms with E-state index in [1.807, 2.05) is 38.2 Å². The van der Waals surface area contributed by atoms with Gasteiger partial charge >= 0.3 is 6.03 Å². The van der Waals surface area contributed by atoms with Crippen LogP contribution >= 0.6 is 23.2 Å². The standard InChI is InChI=1S/C25H28Cl2N4O2/c1-16(29-25(32)31(3)20-6-9-30(2)10-7-20)21-4-5-22(24(27)23(21)26)19-12-18(13-28-14-19)17-8-11-33-15-17/h4-5,8,11-16,20H,6-7,9-10H2,1-3H3,(H,29,32).